The molecular formula is C22H21ClN6. The van der Waals surface area contributed by atoms with E-state index in [2.05, 4.69) is 40.6 Å². The minimum atomic E-state index is 0.711. The van der Waals surface area contributed by atoms with Gasteiger partial charge in [-0.3, -0.25) is 14.3 Å². The monoisotopic (exact) mass is 404 g/mol. The Morgan fingerprint density at radius 3 is 2.62 bits per heavy atom. The van der Waals surface area contributed by atoms with Gasteiger partial charge >= 0.3 is 0 Å². The number of hydrogen-bond donors (Lipinski definition) is 0. The zero-order valence-corrected chi connectivity index (χ0v) is 17.1. The fourth-order valence-corrected chi connectivity index (χ4v) is 4.32. The smallest absolute Gasteiger partial charge is 0.0944 e. The Bertz CT molecular complexity index is 1310. The molecule has 0 unspecified atom stereocenters. The number of rotatable bonds is 5. The molecule has 5 rings (SSSR count). The molecule has 0 atom stereocenters. The number of benzene rings is 1. The summed E-state index contributed by atoms with van der Waals surface area (Å²) in [5, 5.41) is 12.1. The van der Waals surface area contributed by atoms with Gasteiger partial charge in [0, 0.05) is 52.7 Å². The molecule has 6 nitrogen and oxygen atoms in total. The van der Waals surface area contributed by atoms with Crippen molar-refractivity contribution < 1.29 is 0 Å². The van der Waals surface area contributed by atoms with E-state index in [0.717, 1.165) is 53.0 Å². The highest BCUT2D eigenvalue weighted by molar-refractivity contribution is 6.32. The highest BCUT2D eigenvalue weighted by Crippen LogP contribution is 2.38. The lowest BCUT2D eigenvalue weighted by Gasteiger charge is -2.09. The van der Waals surface area contributed by atoms with Crippen LogP contribution >= 0.6 is 11.6 Å². The standard InChI is InChI=1S/C22H21ClN6/c1-3-29-21-15(2)24-8-5-17(21)18-13-16(23)14-19(22(18)29)20-6-10-28(26-20)12-11-27-9-4-7-25-27/h4-10,13-14H,3,11-12H2,1-2H3. The first-order valence-corrected chi connectivity index (χ1v) is 10.1. The molecular weight excluding hydrogens is 384 g/mol. The molecule has 0 saturated carbocycles. The lowest BCUT2D eigenvalue weighted by atomic mass is 10.1. The number of hydrogen-bond acceptors (Lipinski definition) is 3. The molecule has 0 N–H and O–H groups in total. The first-order chi connectivity index (χ1) is 14.2. The lowest BCUT2D eigenvalue weighted by Crippen LogP contribution is -2.08. The van der Waals surface area contributed by atoms with Gasteiger partial charge in [0.05, 0.1) is 35.5 Å². The molecule has 29 heavy (non-hydrogen) atoms. The summed E-state index contributed by atoms with van der Waals surface area (Å²) in [7, 11) is 0. The molecule has 0 amide bonds. The van der Waals surface area contributed by atoms with Gasteiger partial charge in [0.25, 0.3) is 0 Å². The van der Waals surface area contributed by atoms with E-state index < -0.39 is 0 Å². The van der Waals surface area contributed by atoms with Crippen molar-refractivity contribution in [3.8, 4) is 11.3 Å². The normalized spacial score (nSPS) is 11.7. The maximum Gasteiger partial charge on any atom is 0.0944 e. The number of pyridine rings is 1. The Balaban J connectivity index is 1.65. The van der Waals surface area contributed by atoms with Crippen LogP contribution in [0, 0.1) is 6.92 Å². The quantitative estimate of drug-likeness (QED) is 0.417. The first kappa shape index (κ1) is 17.9. The van der Waals surface area contributed by atoms with Gasteiger partial charge in [-0.25, -0.2) is 0 Å². The molecule has 0 aliphatic heterocycles. The van der Waals surface area contributed by atoms with Crippen LogP contribution in [0.3, 0.4) is 0 Å². The zero-order valence-electron chi connectivity index (χ0n) is 16.4. The van der Waals surface area contributed by atoms with Crippen LogP contribution in [-0.4, -0.2) is 29.1 Å². The molecule has 0 bridgehead atoms. The Kier molecular flexibility index (Phi) is 4.36. The average Bonchev–Trinajstić information content (AvgIpc) is 3.45. The van der Waals surface area contributed by atoms with Crippen LogP contribution in [0.1, 0.15) is 12.6 Å². The van der Waals surface area contributed by atoms with Gasteiger partial charge in [-0.2, -0.15) is 10.2 Å². The van der Waals surface area contributed by atoms with Crippen LogP contribution < -0.4 is 0 Å². The third kappa shape index (κ3) is 3.00. The molecule has 0 saturated heterocycles. The Morgan fingerprint density at radius 1 is 0.966 bits per heavy atom. The van der Waals surface area contributed by atoms with Gasteiger partial charge in [-0.05, 0) is 44.2 Å². The van der Waals surface area contributed by atoms with Crippen molar-refractivity contribution >= 4 is 33.4 Å². The molecule has 4 aromatic heterocycles. The molecule has 0 aliphatic rings. The van der Waals surface area contributed by atoms with E-state index in [9.17, 15) is 0 Å². The molecule has 146 valence electrons. The van der Waals surface area contributed by atoms with Crippen LogP contribution in [0.2, 0.25) is 5.02 Å². The van der Waals surface area contributed by atoms with Gasteiger partial charge < -0.3 is 4.57 Å². The average molecular weight is 405 g/mol. The summed E-state index contributed by atoms with van der Waals surface area (Å²) in [5.74, 6) is 0. The fourth-order valence-electron chi connectivity index (χ4n) is 4.10. The van der Waals surface area contributed by atoms with Crippen molar-refractivity contribution in [3.05, 3.63) is 65.8 Å². The van der Waals surface area contributed by atoms with Crippen LogP contribution in [0.5, 0.6) is 0 Å². The van der Waals surface area contributed by atoms with Gasteiger partial charge in [0.2, 0.25) is 0 Å². The SMILES string of the molecule is CCn1c2c(-c3ccn(CCn4cccn4)n3)cc(Cl)cc2c2ccnc(C)c21. The zero-order chi connectivity index (χ0) is 20.0. The maximum atomic E-state index is 6.53. The second kappa shape index (κ2) is 7.04. The van der Waals surface area contributed by atoms with Crippen molar-refractivity contribution in [1.29, 1.82) is 0 Å². The highest BCUT2D eigenvalue weighted by atomic mass is 35.5. The van der Waals surface area contributed by atoms with Crippen LogP contribution in [0.25, 0.3) is 33.1 Å². The van der Waals surface area contributed by atoms with E-state index >= 15 is 0 Å². The molecule has 4 heterocycles. The van der Waals surface area contributed by atoms with Gasteiger partial charge in [-0.1, -0.05) is 11.6 Å². The topological polar surface area (TPSA) is 53.5 Å². The second-order valence-electron chi connectivity index (χ2n) is 7.12. The molecule has 0 spiro atoms. The minimum absolute atomic E-state index is 0.711. The molecule has 7 heteroatoms. The van der Waals surface area contributed by atoms with E-state index in [4.69, 9.17) is 16.7 Å². The molecule has 0 aliphatic carbocycles. The second-order valence-corrected chi connectivity index (χ2v) is 7.56. The molecule has 1 aromatic carbocycles. The van der Waals surface area contributed by atoms with E-state index in [1.54, 1.807) is 6.20 Å². The maximum absolute atomic E-state index is 6.53. The lowest BCUT2D eigenvalue weighted by molar-refractivity contribution is 0.501. The molecule has 5 aromatic rings. The minimum Gasteiger partial charge on any atom is -0.339 e. The van der Waals surface area contributed by atoms with Crippen molar-refractivity contribution in [2.75, 3.05) is 0 Å². The van der Waals surface area contributed by atoms with Gasteiger partial charge in [0.1, 0.15) is 0 Å². The van der Waals surface area contributed by atoms with Gasteiger partial charge in [0.15, 0.2) is 0 Å². The van der Waals surface area contributed by atoms with Crippen molar-refractivity contribution in [1.82, 2.24) is 29.1 Å². The molecule has 0 radical (unpaired) electrons. The van der Waals surface area contributed by atoms with Crippen LogP contribution in [0.15, 0.2) is 55.1 Å². The summed E-state index contributed by atoms with van der Waals surface area (Å²) in [4.78, 5) is 4.51. The summed E-state index contributed by atoms with van der Waals surface area (Å²) in [6.07, 6.45) is 7.62. The van der Waals surface area contributed by atoms with Crippen LogP contribution in [-0.2, 0) is 19.6 Å². The fraction of sp³-hybridized carbons (Fsp3) is 0.227. The van der Waals surface area contributed by atoms with E-state index in [0.29, 0.717) is 5.02 Å². The first-order valence-electron chi connectivity index (χ1n) is 9.74. The van der Waals surface area contributed by atoms with Gasteiger partial charge in [-0.15, -0.1) is 0 Å². The largest absolute Gasteiger partial charge is 0.339 e. The Morgan fingerprint density at radius 2 is 1.83 bits per heavy atom. The Hall–Kier alpha value is -3.12. The molecule has 0 fully saturated rings. The third-order valence-electron chi connectivity index (χ3n) is 5.36. The summed E-state index contributed by atoms with van der Waals surface area (Å²) < 4.78 is 6.18. The predicted molar refractivity (Wildman–Crippen MR) is 116 cm³/mol. The Labute approximate surface area is 173 Å². The summed E-state index contributed by atoms with van der Waals surface area (Å²) in [6.45, 7) is 6.59. The van der Waals surface area contributed by atoms with E-state index in [1.165, 1.54) is 5.39 Å². The number of halogens is 1. The predicted octanol–water partition coefficient (Wildman–Crippen LogP) is 4.93. The van der Waals surface area contributed by atoms with Crippen LogP contribution in [0.4, 0.5) is 0 Å². The van der Waals surface area contributed by atoms with Crippen molar-refractivity contribution in [2.24, 2.45) is 0 Å². The van der Waals surface area contributed by atoms with Crippen molar-refractivity contribution in [3.63, 3.8) is 0 Å². The number of nitrogens with zero attached hydrogens (tertiary/aromatic N) is 6. The summed E-state index contributed by atoms with van der Waals surface area (Å²) in [6, 6.07) is 10.1. The third-order valence-corrected chi connectivity index (χ3v) is 5.58. The van der Waals surface area contributed by atoms with Crippen molar-refractivity contribution in [2.45, 2.75) is 33.5 Å². The van der Waals surface area contributed by atoms with E-state index in [1.807, 2.05) is 46.2 Å². The summed E-state index contributed by atoms with van der Waals surface area (Å²) in [5.41, 5.74) is 5.29. The number of fused-ring (bicyclic) bond motifs is 3. The van der Waals surface area contributed by atoms with E-state index in [-0.39, 0.29) is 0 Å². The summed E-state index contributed by atoms with van der Waals surface area (Å²) >= 11 is 6.53. The number of aromatic nitrogens is 6. The number of aryl methyl sites for hydroxylation is 4. The highest BCUT2D eigenvalue weighted by Gasteiger charge is 2.18.